The number of thiophene rings is 1. The minimum absolute atomic E-state index is 0.702. The van der Waals surface area contributed by atoms with Gasteiger partial charge >= 0.3 is 0 Å². The minimum atomic E-state index is 0.702. The molecule has 0 atom stereocenters. The van der Waals surface area contributed by atoms with Crippen LogP contribution in [0.2, 0.25) is 0 Å². The third-order valence-electron chi connectivity index (χ3n) is 4.04. The number of rotatable bonds is 4. The lowest BCUT2D eigenvalue weighted by Crippen LogP contribution is -2.44. The first-order valence-electron chi connectivity index (χ1n) is 7.09. The van der Waals surface area contributed by atoms with E-state index in [-0.39, 0.29) is 0 Å². The normalized spacial score (nSPS) is 18.7. The summed E-state index contributed by atoms with van der Waals surface area (Å²) in [7, 11) is 0. The van der Waals surface area contributed by atoms with Crippen molar-refractivity contribution < 1.29 is 0 Å². The Labute approximate surface area is 115 Å². The van der Waals surface area contributed by atoms with Crippen LogP contribution in [0.1, 0.15) is 42.0 Å². The summed E-state index contributed by atoms with van der Waals surface area (Å²) >= 11 is 1.94. The Hall–Kier alpha value is -0.380. The van der Waals surface area contributed by atoms with Crippen molar-refractivity contribution in [3.05, 3.63) is 21.4 Å². The molecule has 1 aliphatic rings. The zero-order chi connectivity index (χ0) is 13.1. The Morgan fingerprint density at radius 3 is 2.50 bits per heavy atom. The van der Waals surface area contributed by atoms with Gasteiger partial charge in [0.05, 0.1) is 0 Å². The van der Waals surface area contributed by atoms with Gasteiger partial charge in [0.2, 0.25) is 0 Å². The Bertz CT molecular complexity index is 356. The highest BCUT2D eigenvalue weighted by Crippen LogP contribution is 2.21. The van der Waals surface area contributed by atoms with E-state index >= 15 is 0 Å². The highest BCUT2D eigenvalue weighted by Gasteiger charge is 2.20. The zero-order valence-corrected chi connectivity index (χ0v) is 12.9. The van der Waals surface area contributed by atoms with Crippen LogP contribution in [-0.2, 0) is 6.54 Å². The SMILES string of the molecule is Cc1cc(CNC2CCN(C(C)C)CC2)sc1C. The van der Waals surface area contributed by atoms with Crippen molar-refractivity contribution in [2.24, 2.45) is 0 Å². The zero-order valence-electron chi connectivity index (χ0n) is 12.1. The maximum atomic E-state index is 3.72. The maximum absolute atomic E-state index is 3.72. The Morgan fingerprint density at radius 1 is 1.33 bits per heavy atom. The molecule has 0 spiro atoms. The molecular weight excluding hydrogens is 240 g/mol. The van der Waals surface area contributed by atoms with Gasteiger partial charge in [-0.25, -0.2) is 0 Å². The first-order chi connectivity index (χ1) is 8.56. The van der Waals surface area contributed by atoms with E-state index in [4.69, 9.17) is 0 Å². The van der Waals surface area contributed by atoms with Crippen molar-refractivity contribution in [3.8, 4) is 0 Å². The van der Waals surface area contributed by atoms with E-state index < -0.39 is 0 Å². The molecule has 0 saturated carbocycles. The van der Waals surface area contributed by atoms with Gasteiger partial charge in [-0.05, 0) is 65.3 Å². The van der Waals surface area contributed by atoms with Gasteiger partial charge in [0.15, 0.2) is 0 Å². The standard InChI is InChI=1S/C15H26N2S/c1-11(2)17-7-5-14(6-8-17)16-10-15-9-12(3)13(4)18-15/h9,11,14,16H,5-8,10H2,1-4H3. The first-order valence-corrected chi connectivity index (χ1v) is 7.91. The van der Waals surface area contributed by atoms with Crippen LogP contribution in [0.15, 0.2) is 6.07 Å². The fourth-order valence-electron chi connectivity index (χ4n) is 2.60. The predicted octanol–water partition coefficient (Wildman–Crippen LogP) is 3.33. The molecule has 0 aromatic carbocycles. The lowest BCUT2D eigenvalue weighted by atomic mass is 10.0. The van der Waals surface area contributed by atoms with E-state index in [1.165, 1.54) is 41.2 Å². The molecule has 1 aliphatic heterocycles. The summed E-state index contributed by atoms with van der Waals surface area (Å²) in [4.78, 5) is 5.52. The molecule has 1 aromatic heterocycles. The summed E-state index contributed by atoms with van der Waals surface area (Å²) in [5.74, 6) is 0. The molecule has 0 amide bonds. The second-order valence-corrected chi connectivity index (χ2v) is 7.08. The van der Waals surface area contributed by atoms with Crippen LogP contribution in [0.25, 0.3) is 0 Å². The number of aryl methyl sites for hydroxylation is 2. The smallest absolute Gasteiger partial charge is 0.0302 e. The molecule has 0 bridgehead atoms. The summed E-state index contributed by atoms with van der Waals surface area (Å²) in [6.07, 6.45) is 2.59. The van der Waals surface area contributed by atoms with Gasteiger partial charge in [-0.2, -0.15) is 0 Å². The second kappa shape index (κ2) is 6.18. The number of piperidine rings is 1. The molecule has 3 heteroatoms. The lowest BCUT2D eigenvalue weighted by molar-refractivity contribution is 0.161. The molecule has 18 heavy (non-hydrogen) atoms. The summed E-state index contributed by atoms with van der Waals surface area (Å²) < 4.78 is 0. The highest BCUT2D eigenvalue weighted by atomic mass is 32.1. The van der Waals surface area contributed by atoms with E-state index in [1.54, 1.807) is 0 Å². The van der Waals surface area contributed by atoms with Gasteiger partial charge in [-0.15, -0.1) is 11.3 Å². The van der Waals surface area contributed by atoms with Gasteiger partial charge in [-0.1, -0.05) is 0 Å². The summed E-state index contributed by atoms with van der Waals surface area (Å²) in [5.41, 5.74) is 1.44. The van der Waals surface area contributed by atoms with E-state index in [1.807, 2.05) is 11.3 Å². The van der Waals surface area contributed by atoms with Crippen molar-refractivity contribution in [3.63, 3.8) is 0 Å². The number of likely N-dealkylation sites (tertiary alicyclic amines) is 1. The highest BCUT2D eigenvalue weighted by molar-refractivity contribution is 7.12. The summed E-state index contributed by atoms with van der Waals surface area (Å²) in [5, 5.41) is 3.72. The first kappa shape index (κ1) is 14.0. The van der Waals surface area contributed by atoms with E-state index in [0.717, 1.165) is 6.54 Å². The molecule has 2 rings (SSSR count). The van der Waals surface area contributed by atoms with Crippen LogP contribution in [-0.4, -0.2) is 30.1 Å². The van der Waals surface area contributed by atoms with Crippen molar-refractivity contribution in [1.82, 2.24) is 10.2 Å². The molecular formula is C15H26N2S. The third-order valence-corrected chi connectivity index (χ3v) is 5.19. The molecule has 0 unspecified atom stereocenters. The molecule has 2 heterocycles. The van der Waals surface area contributed by atoms with E-state index in [2.05, 4.69) is 44.0 Å². The fourth-order valence-corrected chi connectivity index (χ4v) is 3.61. The number of hydrogen-bond donors (Lipinski definition) is 1. The van der Waals surface area contributed by atoms with Crippen molar-refractivity contribution >= 4 is 11.3 Å². The topological polar surface area (TPSA) is 15.3 Å². The Balaban J connectivity index is 1.75. The fraction of sp³-hybridized carbons (Fsp3) is 0.733. The second-order valence-electron chi connectivity index (χ2n) is 5.74. The lowest BCUT2D eigenvalue weighted by Gasteiger charge is -2.34. The Kier molecular flexibility index (Phi) is 4.82. The summed E-state index contributed by atoms with van der Waals surface area (Å²) in [6, 6.07) is 3.74. The molecule has 1 aromatic rings. The van der Waals surface area contributed by atoms with Crippen LogP contribution < -0.4 is 5.32 Å². The molecule has 0 radical (unpaired) electrons. The van der Waals surface area contributed by atoms with Crippen LogP contribution >= 0.6 is 11.3 Å². The van der Waals surface area contributed by atoms with Crippen LogP contribution in [0.4, 0.5) is 0 Å². The minimum Gasteiger partial charge on any atom is -0.309 e. The quantitative estimate of drug-likeness (QED) is 0.899. The van der Waals surface area contributed by atoms with E-state index in [9.17, 15) is 0 Å². The van der Waals surface area contributed by atoms with Crippen LogP contribution in [0.3, 0.4) is 0 Å². The number of hydrogen-bond acceptors (Lipinski definition) is 3. The van der Waals surface area contributed by atoms with Crippen molar-refractivity contribution in [2.45, 2.75) is 59.2 Å². The molecule has 1 fully saturated rings. The van der Waals surface area contributed by atoms with Gasteiger partial charge in [0.25, 0.3) is 0 Å². The molecule has 102 valence electrons. The van der Waals surface area contributed by atoms with Crippen LogP contribution in [0, 0.1) is 13.8 Å². The molecule has 0 aliphatic carbocycles. The number of nitrogens with one attached hydrogen (secondary N) is 1. The Morgan fingerprint density at radius 2 is 2.00 bits per heavy atom. The summed E-state index contributed by atoms with van der Waals surface area (Å²) in [6.45, 7) is 12.6. The van der Waals surface area contributed by atoms with Crippen LogP contribution in [0.5, 0.6) is 0 Å². The van der Waals surface area contributed by atoms with Gasteiger partial charge in [-0.3, -0.25) is 0 Å². The van der Waals surface area contributed by atoms with Gasteiger partial charge in [0, 0.05) is 28.4 Å². The molecule has 1 saturated heterocycles. The monoisotopic (exact) mass is 266 g/mol. The van der Waals surface area contributed by atoms with Crippen molar-refractivity contribution in [2.75, 3.05) is 13.1 Å². The van der Waals surface area contributed by atoms with Gasteiger partial charge in [0.1, 0.15) is 0 Å². The largest absolute Gasteiger partial charge is 0.309 e. The average Bonchev–Trinajstić information content (AvgIpc) is 2.67. The average molecular weight is 266 g/mol. The molecule has 1 N–H and O–H groups in total. The van der Waals surface area contributed by atoms with Crippen molar-refractivity contribution in [1.29, 1.82) is 0 Å². The maximum Gasteiger partial charge on any atom is 0.0302 e. The molecule has 2 nitrogen and oxygen atoms in total. The number of nitrogens with zero attached hydrogens (tertiary/aromatic N) is 1. The predicted molar refractivity (Wildman–Crippen MR) is 80.4 cm³/mol. The van der Waals surface area contributed by atoms with Gasteiger partial charge < -0.3 is 10.2 Å². The van der Waals surface area contributed by atoms with E-state index in [0.29, 0.717) is 12.1 Å². The third kappa shape index (κ3) is 3.56.